The van der Waals surface area contributed by atoms with Crippen LogP contribution >= 0.6 is 0 Å². The van der Waals surface area contributed by atoms with E-state index in [4.69, 9.17) is 4.74 Å². The smallest absolute Gasteiger partial charge is 0.240 e. The van der Waals surface area contributed by atoms with Gasteiger partial charge in [-0.25, -0.2) is 13.1 Å². The van der Waals surface area contributed by atoms with Gasteiger partial charge in [-0.05, 0) is 44.5 Å². The van der Waals surface area contributed by atoms with Crippen LogP contribution in [0.2, 0.25) is 0 Å². The second-order valence-corrected chi connectivity index (χ2v) is 9.17. The predicted octanol–water partition coefficient (Wildman–Crippen LogP) is 3.00. The molecule has 0 fully saturated rings. The number of rotatable bonds is 4. The zero-order chi connectivity index (χ0) is 19.8. The summed E-state index contributed by atoms with van der Waals surface area (Å²) in [7, 11) is -3.72. The molecule has 0 saturated heterocycles. The van der Waals surface area contributed by atoms with E-state index in [1.807, 2.05) is 45.0 Å². The fourth-order valence-corrected chi connectivity index (χ4v) is 4.04. The number of anilines is 1. The highest BCUT2D eigenvalue weighted by Gasteiger charge is 2.34. The maximum Gasteiger partial charge on any atom is 0.240 e. The number of carbonyl (C=O) groups excluding carboxylic acids is 1. The first-order chi connectivity index (χ1) is 12.6. The Balaban J connectivity index is 1.87. The first-order valence-electron chi connectivity index (χ1n) is 8.74. The number of fused-ring (bicyclic) bond motifs is 1. The second-order valence-electron chi connectivity index (χ2n) is 7.41. The highest BCUT2D eigenvalue weighted by molar-refractivity contribution is 7.89. The van der Waals surface area contributed by atoms with Crippen LogP contribution in [0, 0.1) is 6.92 Å². The molecule has 2 aromatic carbocycles. The number of ether oxygens (including phenoxy) is 1. The SMILES string of the molecule is CC(=O)N1CC(C)(C)Oc2ccc(S(=O)(=O)NCc3ccc(C)cc3)cc21. The summed E-state index contributed by atoms with van der Waals surface area (Å²) < 4.78 is 33.9. The summed E-state index contributed by atoms with van der Waals surface area (Å²) in [6.45, 7) is 7.77. The molecule has 1 amide bonds. The van der Waals surface area contributed by atoms with Crippen molar-refractivity contribution in [2.24, 2.45) is 0 Å². The number of aryl methyl sites for hydroxylation is 1. The van der Waals surface area contributed by atoms with Crippen LogP contribution in [-0.4, -0.2) is 26.5 Å². The first kappa shape index (κ1) is 19.4. The van der Waals surface area contributed by atoms with Crippen molar-refractivity contribution in [1.29, 1.82) is 0 Å². The van der Waals surface area contributed by atoms with Gasteiger partial charge in [-0.3, -0.25) is 4.79 Å². The molecule has 3 rings (SSSR count). The molecule has 1 aliphatic heterocycles. The van der Waals surface area contributed by atoms with Crippen LogP contribution in [0.3, 0.4) is 0 Å². The van der Waals surface area contributed by atoms with Gasteiger partial charge in [0.2, 0.25) is 15.9 Å². The number of amides is 1. The first-order valence-corrected chi connectivity index (χ1v) is 10.2. The van der Waals surface area contributed by atoms with Crippen molar-refractivity contribution in [1.82, 2.24) is 4.72 Å². The number of nitrogens with one attached hydrogen (secondary N) is 1. The van der Waals surface area contributed by atoms with Gasteiger partial charge < -0.3 is 9.64 Å². The third-order valence-electron chi connectivity index (χ3n) is 4.42. The van der Waals surface area contributed by atoms with Crippen molar-refractivity contribution in [3.63, 3.8) is 0 Å². The van der Waals surface area contributed by atoms with Gasteiger partial charge in [0.1, 0.15) is 11.4 Å². The molecule has 27 heavy (non-hydrogen) atoms. The largest absolute Gasteiger partial charge is 0.484 e. The van der Waals surface area contributed by atoms with Gasteiger partial charge in [0.05, 0.1) is 17.1 Å². The van der Waals surface area contributed by atoms with Crippen LogP contribution in [0.15, 0.2) is 47.4 Å². The predicted molar refractivity (Wildman–Crippen MR) is 104 cm³/mol. The molecule has 0 atom stereocenters. The highest BCUT2D eigenvalue weighted by atomic mass is 32.2. The summed E-state index contributed by atoms with van der Waals surface area (Å²) in [6, 6.07) is 12.2. The van der Waals surface area contributed by atoms with Gasteiger partial charge in [0.15, 0.2) is 0 Å². The standard InChI is InChI=1S/C20H24N2O4S/c1-14-5-7-16(8-6-14)12-21-27(24,25)17-9-10-19-18(11-17)22(15(2)23)13-20(3,4)26-19/h5-11,21H,12-13H2,1-4H3. The molecule has 0 bridgehead atoms. The van der Waals surface area contributed by atoms with Crippen LogP contribution in [0.4, 0.5) is 5.69 Å². The Morgan fingerprint density at radius 3 is 2.48 bits per heavy atom. The Morgan fingerprint density at radius 2 is 1.85 bits per heavy atom. The quantitative estimate of drug-likeness (QED) is 0.874. The van der Waals surface area contributed by atoms with Gasteiger partial charge in [0.25, 0.3) is 0 Å². The fourth-order valence-electron chi connectivity index (χ4n) is 3.01. The molecule has 0 radical (unpaired) electrons. The summed E-state index contributed by atoms with van der Waals surface area (Å²) >= 11 is 0. The van der Waals surface area contributed by atoms with E-state index in [0.717, 1.165) is 11.1 Å². The van der Waals surface area contributed by atoms with Gasteiger partial charge in [-0.1, -0.05) is 29.8 Å². The molecule has 2 aromatic rings. The Labute approximate surface area is 160 Å². The molecular formula is C20H24N2O4S. The Morgan fingerprint density at radius 1 is 1.19 bits per heavy atom. The number of carbonyl (C=O) groups is 1. The van der Waals surface area contributed by atoms with Gasteiger partial charge in [-0.15, -0.1) is 0 Å². The lowest BCUT2D eigenvalue weighted by Crippen LogP contribution is -2.48. The molecular weight excluding hydrogens is 364 g/mol. The lowest BCUT2D eigenvalue weighted by molar-refractivity contribution is -0.117. The molecule has 1 N–H and O–H groups in total. The van der Waals surface area contributed by atoms with Crippen molar-refractivity contribution in [2.45, 2.75) is 44.7 Å². The van der Waals surface area contributed by atoms with Crippen LogP contribution in [-0.2, 0) is 21.4 Å². The van der Waals surface area contributed by atoms with Crippen LogP contribution in [0.1, 0.15) is 31.9 Å². The summed E-state index contributed by atoms with van der Waals surface area (Å²) in [6.07, 6.45) is 0. The van der Waals surface area contributed by atoms with E-state index < -0.39 is 15.6 Å². The van der Waals surface area contributed by atoms with E-state index in [-0.39, 0.29) is 17.3 Å². The van der Waals surface area contributed by atoms with Crippen LogP contribution in [0.5, 0.6) is 5.75 Å². The lowest BCUT2D eigenvalue weighted by Gasteiger charge is -2.39. The monoisotopic (exact) mass is 388 g/mol. The zero-order valence-electron chi connectivity index (χ0n) is 15.9. The summed E-state index contributed by atoms with van der Waals surface area (Å²) in [5, 5.41) is 0. The van der Waals surface area contributed by atoms with E-state index in [9.17, 15) is 13.2 Å². The van der Waals surface area contributed by atoms with Crippen molar-refractivity contribution >= 4 is 21.6 Å². The molecule has 0 spiro atoms. The van der Waals surface area contributed by atoms with E-state index in [1.54, 1.807) is 11.0 Å². The number of benzene rings is 2. The Hall–Kier alpha value is -2.38. The molecule has 1 heterocycles. The average Bonchev–Trinajstić information content (AvgIpc) is 2.59. The number of hydrogen-bond acceptors (Lipinski definition) is 4. The minimum absolute atomic E-state index is 0.0999. The Kier molecular flexibility index (Phi) is 5.01. The Bertz CT molecular complexity index is 966. The van der Waals surface area contributed by atoms with E-state index in [2.05, 4.69) is 4.72 Å². The molecule has 1 aliphatic rings. The highest BCUT2D eigenvalue weighted by Crippen LogP contribution is 2.38. The topological polar surface area (TPSA) is 75.7 Å². The minimum Gasteiger partial charge on any atom is -0.484 e. The summed E-state index contributed by atoms with van der Waals surface area (Å²) in [5.41, 5.74) is 1.92. The van der Waals surface area contributed by atoms with E-state index in [1.165, 1.54) is 19.1 Å². The average molecular weight is 388 g/mol. The molecule has 0 aliphatic carbocycles. The minimum atomic E-state index is -3.72. The molecule has 7 heteroatoms. The van der Waals surface area contributed by atoms with Crippen molar-refractivity contribution in [2.75, 3.05) is 11.4 Å². The fraction of sp³-hybridized carbons (Fsp3) is 0.350. The van der Waals surface area contributed by atoms with Crippen molar-refractivity contribution < 1.29 is 17.9 Å². The van der Waals surface area contributed by atoms with Crippen molar-refractivity contribution in [3.8, 4) is 5.75 Å². The number of sulfonamides is 1. The maximum absolute atomic E-state index is 12.7. The second kappa shape index (κ2) is 6.98. The molecule has 0 aromatic heterocycles. The van der Waals surface area contributed by atoms with Gasteiger partial charge in [-0.2, -0.15) is 0 Å². The van der Waals surface area contributed by atoms with E-state index >= 15 is 0 Å². The van der Waals surface area contributed by atoms with Crippen LogP contribution < -0.4 is 14.4 Å². The van der Waals surface area contributed by atoms with Crippen molar-refractivity contribution in [3.05, 3.63) is 53.6 Å². The van der Waals surface area contributed by atoms with E-state index in [0.29, 0.717) is 18.0 Å². The summed E-state index contributed by atoms with van der Waals surface area (Å²) in [4.78, 5) is 13.7. The van der Waals surface area contributed by atoms with Gasteiger partial charge >= 0.3 is 0 Å². The third-order valence-corrected chi connectivity index (χ3v) is 5.82. The molecule has 0 unspecified atom stereocenters. The number of nitrogens with zero attached hydrogens (tertiary/aromatic N) is 1. The number of hydrogen-bond donors (Lipinski definition) is 1. The molecule has 6 nitrogen and oxygen atoms in total. The molecule has 144 valence electrons. The summed E-state index contributed by atoms with van der Waals surface area (Å²) in [5.74, 6) is 0.341. The molecule has 0 saturated carbocycles. The maximum atomic E-state index is 12.7. The zero-order valence-corrected chi connectivity index (χ0v) is 16.8. The van der Waals surface area contributed by atoms with Crippen LogP contribution in [0.25, 0.3) is 0 Å². The normalized spacial score (nSPS) is 15.8. The lowest BCUT2D eigenvalue weighted by atomic mass is 10.1. The van der Waals surface area contributed by atoms with Gasteiger partial charge in [0, 0.05) is 13.5 Å². The third kappa shape index (κ3) is 4.31.